The molecule has 112 valence electrons. The Morgan fingerprint density at radius 2 is 1.87 bits per heavy atom. The Labute approximate surface area is 133 Å². The number of para-hydroxylation sites is 1. The Morgan fingerprint density at radius 3 is 2.65 bits per heavy atom. The average molecular weight is 301 g/mol. The molecule has 0 aliphatic heterocycles. The van der Waals surface area contributed by atoms with E-state index in [9.17, 15) is 4.79 Å². The van der Waals surface area contributed by atoms with Crippen molar-refractivity contribution in [1.29, 1.82) is 0 Å². The number of hydrogen-bond acceptors (Lipinski definition) is 2. The molecule has 2 heterocycles. The van der Waals surface area contributed by atoms with Crippen molar-refractivity contribution in [3.05, 3.63) is 83.0 Å². The molecule has 0 aliphatic carbocycles. The number of nitrogens with one attached hydrogen (secondary N) is 1. The van der Waals surface area contributed by atoms with E-state index >= 15 is 0 Å². The predicted molar refractivity (Wildman–Crippen MR) is 91.9 cm³/mol. The number of rotatable bonds is 2. The molecule has 0 fully saturated rings. The van der Waals surface area contributed by atoms with Crippen LogP contribution >= 0.6 is 0 Å². The zero-order valence-electron chi connectivity index (χ0n) is 12.7. The lowest BCUT2D eigenvalue weighted by atomic mass is 10.0. The molecular formula is C19H15N3O. The minimum atomic E-state index is -0.124. The second-order valence-electron chi connectivity index (χ2n) is 5.55. The van der Waals surface area contributed by atoms with Crippen LogP contribution in [0, 0.1) is 6.92 Å². The van der Waals surface area contributed by atoms with Gasteiger partial charge in [0.2, 0.25) is 0 Å². The molecule has 4 aromatic rings. The summed E-state index contributed by atoms with van der Waals surface area (Å²) in [5.41, 5.74) is 4.58. The fourth-order valence-electron chi connectivity index (χ4n) is 2.89. The fourth-order valence-corrected chi connectivity index (χ4v) is 2.89. The van der Waals surface area contributed by atoms with Crippen LogP contribution in [-0.4, -0.2) is 14.5 Å². The number of aromatic amines is 1. The van der Waals surface area contributed by atoms with Crippen molar-refractivity contribution in [2.45, 2.75) is 6.92 Å². The molecule has 4 rings (SSSR count). The lowest BCUT2D eigenvalue weighted by Gasteiger charge is -2.03. The first-order valence-corrected chi connectivity index (χ1v) is 7.45. The van der Waals surface area contributed by atoms with Gasteiger partial charge in [0, 0.05) is 17.4 Å². The minimum absolute atomic E-state index is 0.124. The predicted octanol–water partition coefficient (Wildman–Crippen LogP) is 3.69. The number of hydrogen-bond donors (Lipinski definition) is 1. The van der Waals surface area contributed by atoms with Gasteiger partial charge in [0.25, 0.3) is 5.56 Å². The average Bonchev–Trinajstić information content (AvgIpc) is 2.97. The van der Waals surface area contributed by atoms with Crippen molar-refractivity contribution in [2.75, 3.05) is 0 Å². The molecule has 0 aliphatic rings. The molecule has 0 saturated carbocycles. The van der Waals surface area contributed by atoms with Gasteiger partial charge in [-0.05, 0) is 24.6 Å². The highest BCUT2D eigenvalue weighted by atomic mass is 16.1. The topological polar surface area (TPSA) is 50.7 Å². The van der Waals surface area contributed by atoms with Gasteiger partial charge in [0.1, 0.15) is 0 Å². The zero-order valence-corrected chi connectivity index (χ0v) is 12.7. The number of H-pyrrole nitrogens is 1. The van der Waals surface area contributed by atoms with Crippen molar-refractivity contribution in [3.63, 3.8) is 0 Å². The first-order valence-electron chi connectivity index (χ1n) is 7.45. The van der Waals surface area contributed by atoms with E-state index in [1.54, 1.807) is 0 Å². The third-order valence-corrected chi connectivity index (χ3v) is 3.95. The van der Waals surface area contributed by atoms with Crippen molar-refractivity contribution in [2.24, 2.45) is 0 Å². The Morgan fingerprint density at radius 1 is 1.04 bits per heavy atom. The molecule has 2 aromatic carbocycles. The van der Waals surface area contributed by atoms with Gasteiger partial charge in [-0.15, -0.1) is 0 Å². The van der Waals surface area contributed by atoms with Crippen LogP contribution in [-0.2, 0) is 0 Å². The van der Waals surface area contributed by atoms with E-state index in [4.69, 9.17) is 0 Å². The Hall–Kier alpha value is -3.14. The zero-order chi connectivity index (χ0) is 15.8. The van der Waals surface area contributed by atoms with Crippen LogP contribution in [0.3, 0.4) is 0 Å². The van der Waals surface area contributed by atoms with Crippen LogP contribution in [0.15, 0.2) is 71.9 Å². The maximum atomic E-state index is 12.4. The lowest BCUT2D eigenvalue weighted by Crippen LogP contribution is -2.07. The van der Waals surface area contributed by atoms with Crippen molar-refractivity contribution in [1.82, 2.24) is 14.5 Å². The van der Waals surface area contributed by atoms with Gasteiger partial charge >= 0.3 is 0 Å². The van der Waals surface area contributed by atoms with Crippen molar-refractivity contribution < 1.29 is 0 Å². The van der Waals surface area contributed by atoms with Gasteiger partial charge in [0.15, 0.2) is 5.65 Å². The van der Waals surface area contributed by atoms with Crippen LogP contribution < -0.4 is 5.56 Å². The summed E-state index contributed by atoms with van der Waals surface area (Å²) in [7, 11) is 0. The van der Waals surface area contributed by atoms with E-state index < -0.39 is 0 Å². The van der Waals surface area contributed by atoms with Crippen LogP contribution in [0.2, 0.25) is 0 Å². The summed E-state index contributed by atoms with van der Waals surface area (Å²) in [6.07, 6.45) is 3.43. The summed E-state index contributed by atoms with van der Waals surface area (Å²) in [6.45, 7) is 2.04. The molecule has 1 N–H and O–H groups in total. The molecule has 0 saturated heterocycles. The number of aromatic nitrogens is 3. The standard InChI is InChI=1S/C19H15N3O/c1-13-6-5-7-14(10-13)16-11-22(15-8-3-2-4-9-15)18-17(16)19(23)21-12-20-18/h2-12H,1H3,(H,20,21,23). The van der Waals surface area contributed by atoms with Crippen LogP contribution in [0.4, 0.5) is 0 Å². The number of aryl methyl sites for hydroxylation is 1. The van der Waals surface area contributed by atoms with Crippen molar-refractivity contribution >= 4 is 11.0 Å². The largest absolute Gasteiger partial charge is 0.312 e. The monoisotopic (exact) mass is 301 g/mol. The van der Waals surface area contributed by atoms with Crippen molar-refractivity contribution in [3.8, 4) is 16.8 Å². The maximum Gasteiger partial charge on any atom is 0.260 e. The van der Waals surface area contributed by atoms with Crippen LogP contribution in [0.25, 0.3) is 27.8 Å². The number of benzene rings is 2. The summed E-state index contributed by atoms with van der Waals surface area (Å²) < 4.78 is 1.96. The Balaban J connectivity index is 2.08. The first kappa shape index (κ1) is 13.5. The highest BCUT2D eigenvalue weighted by molar-refractivity contribution is 5.94. The Kier molecular flexibility index (Phi) is 3.08. The highest BCUT2D eigenvalue weighted by Crippen LogP contribution is 2.29. The molecule has 4 heteroatoms. The quantitative estimate of drug-likeness (QED) is 0.614. The minimum Gasteiger partial charge on any atom is -0.312 e. The summed E-state index contributed by atoms with van der Waals surface area (Å²) in [4.78, 5) is 19.5. The SMILES string of the molecule is Cc1cccc(-c2cn(-c3ccccc3)c3nc[nH]c(=O)c23)c1. The second kappa shape index (κ2) is 5.25. The van der Waals surface area contributed by atoms with Gasteiger partial charge in [0.05, 0.1) is 11.7 Å². The summed E-state index contributed by atoms with van der Waals surface area (Å²) in [5.74, 6) is 0. The smallest absolute Gasteiger partial charge is 0.260 e. The van der Waals surface area contributed by atoms with E-state index in [2.05, 4.69) is 16.0 Å². The highest BCUT2D eigenvalue weighted by Gasteiger charge is 2.15. The van der Waals surface area contributed by atoms with E-state index in [0.717, 1.165) is 22.4 Å². The summed E-state index contributed by atoms with van der Waals surface area (Å²) >= 11 is 0. The van der Waals surface area contributed by atoms with E-state index in [-0.39, 0.29) is 5.56 Å². The van der Waals surface area contributed by atoms with E-state index in [1.807, 2.05) is 66.2 Å². The van der Waals surface area contributed by atoms with Gasteiger partial charge in [-0.2, -0.15) is 0 Å². The van der Waals surface area contributed by atoms with Crippen LogP contribution in [0.1, 0.15) is 5.56 Å². The summed E-state index contributed by atoms with van der Waals surface area (Å²) in [6, 6.07) is 18.1. The number of nitrogens with zero attached hydrogens (tertiary/aromatic N) is 2. The van der Waals surface area contributed by atoms with E-state index in [1.165, 1.54) is 6.33 Å². The number of fused-ring (bicyclic) bond motifs is 1. The van der Waals surface area contributed by atoms with Gasteiger partial charge in [-0.3, -0.25) is 4.79 Å². The molecule has 0 bridgehead atoms. The van der Waals surface area contributed by atoms with Gasteiger partial charge < -0.3 is 9.55 Å². The third kappa shape index (κ3) is 2.25. The van der Waals surface area contributed by atoms with Gasteiger partial charge in [-0.25, -0.2) is 4.98 Å². The molecular weight excluding hydrogens is 286 g/mol. The third-order valence-electron chi connectivity index (χ3n) is 3.95. The lowest BCUT2D eigenvalue weighted by molar-refractivity contribution is 1.07. The Bertz CT molecular complexity index is 1050. The molecule has 0 atom stereocenters. The molecule has 0 spiro atoms. The maximum absolute atomic E-state index is 12.4. The normalized spacial score (nSPS) is 11.0. The summed E-state index contributed by atoms with van der Waals surface area (Å²) in [5, 5.41) is 0.613. The van der Waals surface area contributed by atoms with Crippen LogP contribution in [0.5, 0.6) is 0 Å². The second-order valence-corrected chi connectivity index (χ2v) is 5.55. The molecule has 0 radical (unpaired) electrons. The molecule has 4 nitrogen and oxygen atoms in total. The molecule has 2 aromatic heterocycles. The fraction of sp³-hybridized carbons (Fsp3) is 0.0526. The van der Waals surface area contributed by atoms with Gasteiger partial charge in [-0.1, -0.05) is 48.0 Å². The first-order chi connectivity index (χ1) is 11.2. The van der Waals surface area contributed by atoms with E-state index in [0.29, 0.717) is 11.0 Å². The molecule has 23 heavy (non-hydrogen) atoms. The molecule has 0 unspecified atom stereocenters. The molecule has 0 amide bonds.